The Bertz CT molecular complexity index is 1310. The predicted molar refractivity (Wildman–Crippen MR) is 162 cm³/mol. The highest BCUT2D eigenvalue weighted by atomic mass is 19.1. The fourth-order valence-corrected chi connectivity index (χ4v) is 5.66. The minimum Gasteiger partial charge on any atom is -0.508 e. The summed E-state index contributed by atoms with van der Waals surface area (Å²) in [5, 5.41) is 9.89. The molecule has 0 radical (unpaired) electrons. The second kappa shape index (κ2) is 13.3. The highest BCUT2D eigenvalue weighted by molar-refractivity contribution is 6.10. The molecule has 1 atom stereocenters. The molecule has 2 aromatic rings. The number of phenolic OH excluding ortho intramolecular Hbond substituents is 1. The number of phenols is 1. The van der Waals surface area contributed by atoms with E-state index in [2.05, 4.69) is 25.7 Å². The predicted octanol–water partition coefficient (Wildman–Crippen LogP) is 3.44. The number of piperazine rings is 1. The number of morpholine rings is 1. The zero-order chi connectivity index (χ0) is 30.6. The molecule has 2 saturated heterocycles. The summed E-state index contributed by atoms with van der Waals surface area (Å²) < 4.78 is 24.5. The molecule has 0 unspecified atom stereocenters. The molecule has 3 amide bonds. The zero-order valence-corrected chi connectivity index (χ0v) is 25.3. The van der Waals surface area contributed by atoms with Crippen LogP contribution >= 0.6 is 0 Å². The summed E-state index contributed by atoms with van der Waals surface area (Å²) in [5.74, 6) is 1.19. The Morgan fingerprint density at radius 1 is 1.00 bits per heavy atom. The average Bonchev–Trinajstić information content (AvgIpc) is 3.45. The Balaban J connectivity index is 1.38. The van der Waals surface area contributed by atoms with Crippen LogP contribution in [-0.4, -0.2) is 121 Å². The Hall–Kier alpha value is -3.70. The van der Waals surface area contributed by atoms with Gasteiger partial charge in [-0.05, 0) is 40.8 Å². The molecule has 232 valence electrons. The largest absolute Gasteiger partial charge is 0.508 e. The summed E-state index contributed by atoms with van der Waals surface area (Å²) in [5.41, 5.74) is 2.35. The van der Waals surface area contributed by atoms with Gasteiger partial charge in [-0.25, -0.2) is 9.18 Å². The van der Waals surface area contributed by atoms with E-state index in [0.29, 0.717) is 82.7 Å². The molecule has 0 aromatic heterocycles. The molecular formula is C32H42FN5O5. The third-order valence-corrected chi connectivity index (χ3v) is 8.23. The van der Waals surface area contributed by atoms with Gasteiger partial charge in [-0.15, -0.1) is 0 Å². The summed E-state index contributed by atoms with van der Waals surface area (Å²) in [6.07, 6.45) is 0. The number of benzene rings is 2. The smallest absolute Gasteiger partial charge is 0.326 e. The third kappa shape index (κ3) is 7.10. The Morgan fingerprint density at radius 3 is 2.35 bits per heavy atom. The van der Waals surface area contributed by atoms with E-state index in [-0.39, 0.29) is 35.8 Å². The van der Waals surface area contributed by atoms with Crippen LogP contribution in [0.2, 0.25) is 0 Å². The van der Waals surface area contributed by atoms with Gasteiger partial charge in [-0.2, -0.15) is 0 Å². The van der Waals surface area contributed by atoms with Crippen molar-refractivity contribution in [3.8, 4) is 11.5 Å². The molecule has 10 nitrogen and oxygen atoms in total. The number of carbonyl (C=O) groups is 2. The van der Waals surface area contributed by atoms with Gasteiger partial charge in [-0.3, -0.25) is 19.6 Å². The number of hydrogen-bond donors (Lipinski definition) is 1. The summed E-state index contributed by atoms with van der Waals surface area (Å²) >= 11 is 0. The van der Waals surface area contributed by atoms with E-state index in [4.69, 9.17) is 14.5 Å². The molecule has 3 aliphatic rings. The van der Waals surface area contributed by atoms with Crippen molar-refractivity contribution in [2.24, 2.45) is 4.99 Å². The monoisotopic (exact) mass is 595 g/mol. The first-order valence-corrected chi connectivity index (χ1v) is 15.0. The van der Waals surface area contributed by atoms with Gasteiger partial charge >= 0.3 is 6.03 Å². The molecule has 0 aliphatic carbocycles. The Kier molecular flexibility index (Phi) is 9.51. The van der Waals surface area contributed by atoms with Crippen LogP contribution in [0.5, 0.6) is 11.5 Å². The molecule has 1 N–H and O–H groups in total. The topological polar surface area (TPSA) is 98.2 Å². The Morgan fingerprint density at radius 2 is 1.70 bits per heavy atom. The lowest BCUT2D eigenvalue weighted by Crippen LogP contribution is -2.55. The first-order valence-electron chi connectivity index (χ1n) is 15.0. The normalized spacial score (nSPS) is 19.9. The van der Waals surface area contributed by atoms with Crippen LogP contribution in [-0.2, 0) is 14.9 Å². The van der Waals surface area contributed by atoms with Gasteiger partial charge in [0.1, 0.15) is 30.6 Å². The van der Waals surface area contributed by atoms with Gasteiger partial charge in [-0.1, -0.05) is 39.0 Å². The van der Waals surface area contributed by atoms with Gasteiger partial charge in [0, 0.05) is 39.3 Å². The fraction of sp³-hybridized carbons (Fsp3) is 0.531. The van der Waals surface area contributed by atoms with Gasteiger partial charge in [0.2, 0.25) is 5.91 Å². The van der Waals surface area contributed by atoms with Gasteiger partial charge < -0.3 is 24.4 Å². The minimum atomic E-state index is -0.636. The van der Waals surface area contributed by atoms with Crippen LogP contribution in [0.4, 0.5) is 9.18 Å². The highest BCUT2D eigenvalue weighted by Gasteiger charge is 2.39. The molecule has 0 saturated carbocycles. The number of alkyl halides is 1. The van der Waals surface area contributed by atoms with Crippen LogP contribution in [0.1, 0.15) is 43.5 Å². The van der Waals surface area contributed by atoms with Crippen LogP contribution in [0.3, 0.4) is 0 Å². The van der Waals surface area contributed by atoms with E-state index in [9.17, 15) is 19.1 Å². The number of nitrogens with zero attached hydrogens (tertiary/aromatic N) is 5. The number of aromatic hydroxyl groups is 1. The zero-order valence-electron chi connectivity index (χ0n) is 25.3. The standard InChI is InChI=1S/C32H42FN5O5/c1-32(2,3)24-6-9-26(28(20-24)43-17-10-33)30-34-21-27(23-4-7-25(39)8-5-23)38(30)31(41)37-13-11-35(12-14-37)22-29(40)36-15-18-42-19-16-36/h4-9,20,27,39H,10-19,21-22H2,1-3H3/t27-/m0/s1. The van der Waals surface area contributed by atoms with Crippen molar-refractivity contribution >= 4 is 17.8 Å². The van der Waals surface area contributed by atoms with Crippen LogP contribution < -0.4 is 4.74 Å². The molecule has 3 aliphatic heterocycles. The van der Waals surface area contributed by atoms with Crippen molar-refractivity contribution in [2.45, 2.75) is 32.2 Å². The maximum absolute atomic E-state index is 14.3. The molecule has 2 aromatic carbocycles. The van der Waals surface area contributed by atoms with Crippen molar-refractivity contribution in [1.29, 1.82) is 0 Å². The number of carbonyl (C=O) groups excluding carboxylic acids is 2. The van der Waals surface area contributed by atoms with E-state index in [1.165, 1.54) is 0 Å². The number of ether oxygens (including phenoxy) is 2. The number of hydrogen-bond acceptors (Lipinski definition) is 7. The second-order valence-corrected chi connectivity index (χ2v) is 12.2. The highest BCUT2D eigenvalue weighted by Crippen LogP contribution is 2.36. The minimum absolute atomic E-state index is 0.0870. The molecule has 11 heteroatoms. The summed E-state index contributed by atoms with van der Waals surface area (Å²) in [6.45, 7) is 10.7. The molecule has 5 rings (SSSR count). The van der Waals surface area contributed by atoms with E-state index in [0.717, 1.165) is 11.1 Å². The number of amides is 3. The van der Waals surface area contributed by atoms with Gasteiger partial charge in [0.05, 0.1) is 37.9 Å². The molecule has 3 heterocycles. The number of rotatable bonds is 7. The molecular weight excluding hydrogens is 553 g/mol. The number of halogens is 1. The molecule has 0 bridgehead atoms. The maximum atomic E-state index is 14.3. The Labute approximate surface area is 252 Å². The van der Waals surface area contributed by atoms with Crippen molar-refractivity contribution in [3.63, 3.8) is 0 Å². The van der Waals surface area contributed by atoms with Gasteiger partial charge in [0.15, 0.2) is 0 Å². The molecule has 0 spiro atoms. The van der Waals surface area contributed by atoms with Crippen molar-refractivity contribution in [1.82, 2.24) is 19.6 Å². The maximum Gasteiger partial charge on any atom is 0.326 e. The van der Waals surface area contributed by atoms with E-state index in [1.807, 2.05) is 23.1 Å². The lowest BCUT2D eigenvalue weighted by molar-refractivity contribution is -0.136. The SMILES string of the molecule is CC(C)(C)c1ccc(C2=NC[C@@H](c3ccc(O)cc3)N2C(=O)N2CCN(CC(=O)N3CCOCC3)CC2)c(OCCF)c1. The summed E-state index contributed by atoms with van der Waals surface area (Å²) in [7, 11) is 0. The van der Waals surface area contributed by atoms with Crippen molar-refractivity contribution in [3.05, 3.63) is 59.2 Å². The molecule has 2 fully saturated rings. The van der Waals surface area contributed by atoms with E-state index < -0.39 is 6.67 Å². The number of aliphatic imine (C=N–C) groups is 1. The third-order valence-electron chi connectivity index (χ3n) is 8.23. The second-order valence-electron chi connectivity index (χ2n) is 12.2. The van der Waals surface area contributed by atoms with Crippen LogP contribution in [0.15, 0.2) is 47.5 Å². The summed E-state index contributed by atoms with van der Waals surface area (Å²) in [4.78, 5) is 39.3. The number of urea groups is 1. The number of amidine groups is 1. The molecule has 43 heavy (non-hydrogen) atoms. The lowest BCUT2D eigenvalue weighted by atomic mass is 9.86. The van der Waals surface area contributed by atoms with Gasteiger partial charge in [0.25, 0.3) is 0 Å². The summed E-state index contributed by atoms with van der Waals surface area (Å²) in [6, 6.07) is 12.1. The average molecular weight is 596 g/mol. The quantitative estimate of drug-likeness (QED) is 0.527. The lowest BCUT2D eigenvalue weighted by Gasteiger charge is -2.39. The fourth-order valence-electron chi connectivity index (χ4n) is 5.66. The van der Waals surface area contributed by atoms with E-state index in [1.54, 1.807) is 34.1 Å². The van der Waals surface area contributed by atoms with Crippen molar-refractivity contribution < 1.29 is 28.6 Å². The van der Waals surface area contributed by atoms with Crippen LogP contribution in [0.25, 0.3) is 0 Å². The van der Waals surface area contributed by atoms with E-state index >= 15 is 0 Å². The van der Waals surface area contributed by atoms with Crippen molar-refractivity contribution in [2.75, 3.05) is 78.9 Å². The first kappa shape index (κ1) is 30.7. The van der Waals surface area contributed by atoms with Crippen LogP contribution in [0, 0.1) is 0 Å². The first-order chi connectivity index (χ1) is 20.7.